The molecule has 8 heteroatoms. The molecule has 6 nitrogen and oxygen atoms in total. The molecule has 2 aromatic rings. The van der Waals surface area contributed by atoms with Crippen LogP contribution in [-0.2, 0) is 16.6 Å². The van der Waals surface area contributed by atoms with Crippen LogP contribution in [0.2, 0.25) is 5.02 Å². The lowest BCUT2D eigenvalue weighted by Gasteiger charge is -2.19. The minimum Gasteiger partial charge on any atom is -0.348 e. The first-order chi connectivity index (χ1) is 11.9. The van der Waals surface area contributed by atoms with Gasteiger partial charge in [-0.2, -0.15) is 4.31 Å². The van der Waals surface area contributed by atoms with Crippen molar-refractivity contribution in [2.45, 2.75) is 25.3 Å². The van der Waals surface area contributed by atoms with Crippen LogP contribution in [0.3, 0.4) is 0 Å². The fourth-order valence-electron chi connectivity index (χ4n) is 2.33. The van der Waals surface area contributed by atoms with Gasteiger partial charge in [-0.3, -0.25) is 9.78 Å². The molecule has 25 heavy (non-hydrogen) atoms. The zero-order valence-electron chi connectivity index (χ0n) is 14.1. The summed E-state index contributed by atoms with van der Waals surface area (Å²) in [7, 11) is -3.74. The van der Waals surface area contributed by atoms with Crippen LogP contribution in [0.5, 0.6) is 0 Å². The molecule has 0 aliphatic rings. The lowest BCUT2D eigenvalue weighted by atomic mass is 10.2. The highest BCUT2D eigenvalue weighted by Crippen LogP contribution is 2.25. The van der Waals surface area contributed by atoms with Crippen molar-refractivity contribution in [3.8, 4) is 0 Å². The lowest BCUT2D eigenvalue weighted by Crippen LogP contribution is -2.31. The molecule has 1 N–H and O–H groups in total. The number of rotatable bonds is 7. The molecule has 0 atom stereocenters. The number of carbonyl (C=O) groups is 1. The van der Waals surface area contributed by atoms with Gasteiger partial charge in [0.15, 0.2) is 0 Å². The Bertz CT molecular complexity index is 837. The molecule has 0 bridgehead atoms. The van der Waals surface area contributed by atoms with Crippen molar-refractivity contribution in [3.63, 3.8) is 0 Å². The smallest absolute Gasteiger partial charge is 0.251 e. The first-order valence-electron chi connectivity index (χ1n) is 7.87. The number of aromatic nitrogens is 1. The van der Waals surface area contributed by atoms with E-state index in [-0.39, 0.29) is 21.4 Å². The number of amides is 1. The normalized spacial score (nSPS) is 11.5. The number of carbonyl (C=O) groups excluding carboxylic acids is 1. The molecule has 0 unspecified atom stereocenters. The van der Waals surface area contributed by atoms with Crippen LogP contribution in [0.25, 0.3) is 0 Å². The third-order valence-electron chi connectivity index (χ3n) is 3.69. The van der Waals surface area contributed by atoms with E-state index in [4.69, 9.17) is 11.6 Å². The van der Waals surface area contributed by atoms with Crippen molar-refractivity contribution in [2.24, 2.45) is 0 Å². The molecule has 1 heterocycles. The van der Waals surface area contributed by atoms with E-state index in [0.717, 1.165) is 5.56 Å². The fraction of sp³-hybridized carbons (Fsp3) is 0.294. The zero-order valence-corrected chi connectivity index (χ0v) is 15.6. The Morgan fingerprint density at radius 2 is 1.96 bits per heavy atom. The average Bonchev–Trinajstić information content (AvgIpc) is 2.61. The second-order valence-electron chi connectivity index (χ2n) is 5.28. The number of benzene rings is 1. The van der Waals surface area contributed by atoms with Crippen molar-refractivity contribution in [2.75, 3.05) is 13.1 Å². The minimum atomic E-state index is -3.74. The Labute approximate surface area is 152 Å². The Morgan fingerprint density at radius 3 is 2.56 bits per heavy atom. The van der Waals surface area contributed by atoms with Gasteiger partial charge in [-0.25, -0.2) is 8.42 Å². The third-order valence-corrected chi connectivity index (χ3v) is 6.22. The summed E-state index contributed by atoms with van der Waals surface area (Å²) in [5, 5.41) is 2.83. The van der Waals surface area contributed by atoms with E-state index in [1.54, 1.807) is 32.3 Å². The second kappa shape index (κ2) is 8.42. The summed E-state index contributed by atoms with van der Waals surface area (Å²) in [4.78, 5) is 16.2. The summed E-state index contributed by atoms with van der Waals surface area (Å²) in [6.07, 6.45) is 3.30. The van der Waals surface area contributed by atoms with Crippen LogP contribution in [0, 0.1) is 0 Å². The molecule has 0 saturated carbocycles. The van der Waals surface area contributed by atoms with Gasteiger partial charge in [-0.05, 0) is 29.8 Å². The maximum atomic E-state index is 12.7. The largest absolute Gasteiger partial charge is 0.348 e. The molecule has 0 saturated heterocycles. The number of hydrogen-bond donors (Lipinski definition) is 1. The molecule has 0 radical (unpaired) electrons. The van der Waals surface area contributed by atoms with Crippen molar-refractivity contribution in [3.05, 3.63) is 58.9 Å². The summed E-state index contributed by atoms with van der Waals surface area (Å²) in [5.74, 6) is -0.378. The Morgan fingerprint density at radius 1 is 1.24 bits per heavy atom. The van der Waals surface area contributed by atoms with Gasteiger partial charge >= 0.3 is 0 Å². The Balaban J connectivity index is 2.24. The number of nitrogens with zero attached hydrogens (tertiary/aromatic N) is 2. The van der Waals surface area contributed by atoms with Crippen LogP contribution in [-0.4, -0.2) is 36.7 Å². The van der Waals surface area contributed by atoms with Gasteiger partial charge in [0.25, 0.3) is 5.91 Å². The standard InChI is InChI=1S/C17H20ClN3O3S/c1-3-21(4-2)25(23,24)16-10-14(7-8-15(16)18)17(22)20-12-13-6-5-9-19-11-13/h5-11H,3-4,12H2,1-2H3,(H,20,22). The van der Waals surface area contributed by atoms with Gasteiger partial charge in [0.2, 0.25) is 10.0 Å². The van der Waals surface area contributed by atoms with Gasteiger partial charge in [-0.1, -0.05) is 31.5 Å². The van der Waals surface area contributed by atoms with Crippen LogP contribution in [0.4, 0.5) is 0 Å². The SMILES string of the molecule is CCN(CC)S(=O)(=O)c1cc(C(=O)NCc2cccnc2)ccc1Cl. The van der Waals surface area contributed by atoms with Crippen LogP contribution in [0.15, 0.2) is 47.6 Å². The summed E-state index contributed by atoms with van der Waals surface area (Å²) >= 11 is 6.07. The van der Waals surface area contributed by atoms with E-state index in [2.05, 4.69) is 10.3 Å². The highest BCUT2D eigenvalue weighted by Gasteiger charge is 2.25. The van der Waals surface area contributed by atoms with Crippen molar-refractivity contribution in [1.82, 2.24) is 14.6 Å². The molecule has 0 aliphatic heterocycles. The highest BCUT2D eigenvalue weighted by molar-refractivity contribution is 7.89. The van der Waals surface area contributed by atoms with E-state index < -0.39 is 10.0 Å². The highest BCUT2D eigenvalue weighted by atomic mass is 35.5. The maximum Gasteiger partial charge on any atom is 0.251 e. The van der Waals surface area contributed by atoms with Crippen molar-refractivity contribution >= 4 is 27.5 Å². The predicted octanol–water partition coefficient (Wildman–Crippen LogP) is 2.70. The quantitative estimate of drug-likeness (QED) is 0.799. The summed E-state index contributed by atoms with van der Waals surface area (Å²) in [6.45, 7) is 4.45. The van der Waals surface area contributed by atoms with Crippen LogP contribution >= 0.6 is 11.6 Å². The third kappa shape index (κ3) is 4.56. The van der Waals surface area contributed by atoms with E-state index in [1.165, 1.54) is 22.5 Å². The monoisotopic (exact) mass is 381 g/mol. The fourth-order valence-corrected chi connectivity index (χ4v) is 4.29. The van der Waals surface area contributed by atoms with E-state index in [9.17, 15) is 13.2 Å². The number of halogens is 1. The second-order valence-corrected chi connectivity index (χ2v) is 7.59. The number of pyridine rings is 1. The first-order valence-corrected chi connectivity index (χ1v) is 9.68. The summed E-state index contributed by atoms with van der Waals surface area (Å²) in [5.41, 5.74) is 1.08. The molecule has 134 valence electrons. The predicted molar refractivity (Wildman–Crippen MR) is 97.0 cm³/mol. The number of sulfonamides is 1. The topological polar surface area (TPSA) is 79.4 Å². The van der Waals surface area contributed by atoms with Gasteiger partial charge in [0.1, 0.15) is 4.90 Å². The molecular formula is C17H20ClN3O3S. The first kappa shape index (κ1) is 19.4. The van der Waals surface area contributed by atoms with Gasteiger partial charge in [0, 0.05) is 37.6 Å². The van der Waals surface area contributed by atoms with Crippen LogP contribution < -0.4 is 5.32 Å². The molecule has 1 amide bonds. The van der Waals surface area contributed by atoms with Crippen LogP contribution in [0.1, 0.15) is 29.8 Å². The number of hydrogen-bond acceptors (Lipinski definition) is 4. The lowest BCUT2D eigenvalue weighted by molar-refractivity contribution is 0.0950. The summed E-state index contributed by atoms with van der Waals surface area (Å²) < 4.78 is 26.6. The van der Waals surface area contributed by atoms with E-state index in [0.29, 0.717) is 19.6 Å². The molecule has 0 spiro atoms. The Hall–Kier alpha value is -1.96. The van der Waals surface area contributed by atoms with E-state index >= 15 is 0 Å². The van der Waals surface area contributed by atoms with E-state index in [1.807, 2.05) is 6.07 Å². The van der Waals surface area contributed by atoms with Crippen molar-refractivity contribution in [1.29, 1.82) is 0 Å². The van der Waals surface area contributed by atoms with Crippen molar-refractivity contribution < 1.29 is 13.2 Å². The summed E-state index contributed by atoms with van der Waals surface area (Å²) in [6, 6.07) is 7.86. The molecule has 2 rings (SSSR count). The molecule has 1 aromatic carbocycles. The molecule has 0 aliphatic carbocycles. The molecule has 1 aromatic heterocycles. The van der Waals surface area contributed by atoms with Gasteiger partial charge in [-0.15, -0.1) is 0 Å². The van der Waals surface area contributed by atoms with Gasteiger partial charge in [0.05, 0.1) is 5.02 Å². The molecule has 0 fully saturated rings. The minimum absolute atomic E-state index is 0.0631. The molecular weight excluding hydrogens is 362 g/mol. The van der Waals surface area contributed by atoms with Gasteiger partial charge < -0.3 is 5.32 Å². The Kier molecular flexibility index (Phi) is 6.52. The number of nitrogens with one attached hydrogen (secondary N) is 1. The maximum absolute atomic E-state index is 12.7. The zero-order chi connectivity index (χ0) is 18.4. The average molecular weight is 382 g/mol.